The molecule has 1 aromatic heterocycles. The van der Waals surface area contributed by atoms with Crippen molar-refractivity contribution in [2.75, 3.05) is 18.8 Å². The van der Waals surface area contributed by atoms with Crippen LogP contribution >= 0.6 is 0 Å². The zero-order valence-electron chi connectivity index (χ0n) is 18.7. The number of pyridine rings is 1. The van der Waals surface area contributed by atoms with Gasteiger partial charge in [-0.05, 0) is 42.5 Å². The number of nitrogens with two attached hydrogens (primary N) is 1. The maximum absolute atomic E-state index is 12.6. The van der Waals surface area contributed by atoms with E-state index in [-0.39, 0.29) is 23.6 Å². The molecule has 1 aliphatic heterocycles. The zero-order chi connectivity index (χ0) is 23.0. The summed E-state index contributed by atoms with van der Waals surface area (Å²) in [6.45, 7) is 1.88. The Hall–Kier alpha value is -3.67. The number of aryl methyl sites for hydroxylation is 1. The molecule has 0 saturated carbocycles. The average molecular weight is 443 g/mol. The van der Waals surface area contributed by atoms with E-state index in [2.05, 4.69) is 22.4 Å². The molecule has 0 bridgehead atoms. The number of carbonyl (C=O) groups is 2. The van der Waals surface area contributed by atoms with Crippen molar-refractivity contribution >= 4 is 17.6 Å². The molecule has 0 atom stereocenters. The van der Waals surface area contributed by atoms with Gasteiger partial charge in [-0.1, -0.05) is 60.7 Å². The highest BCUT2D eigenvalue weighted by Gasteiger charge is 2.25. The van der Waals surface area contributed by atoms with Crippen LogP contribution in [0.3, 0.4) is 0 Å². The Morgan fingerprint density at radius 2 is 1.55 bits per heavy atom. The van der Waals surface area contributed by atoms with E-state index in [1.807, 2.05) is 59.5 Å². The molecule has 0 spiro atoms. The SMILES string of the molecule is Nc1nc(C2CCN(C(=O)CCc3ccccc3)CC2)ccc1C(=O)NCc1ccccc1. The highest BCUT2D eigenvalue weighted by Crippen LogP contribution is 2.28. The van der Waals surface area contributed by atoms with Crippen molar-refractivity contribution < 1.29 is 9.59 Å². The van der Waals surface area contributed by atoms with Gasteiger partial charge in [0.25, 0.3) is 5.91 Å². The quantitative estimate of drug-likeness (QED) is 0.580. The van der Waals surface area contributed by atoms with Crippen LogP contribution in [0.1, 0.15) is 52.4 Å². The van der Waals surface area contributed by atoms with E-state index in [0.29, 0.717) is 18.5 Å². The molecule has 0 aliphatic carbocycles. The number of aromatic nitrogens is 1. The van der Waals surface area contributed by atoms with Gasteiger partial charge >= 0.3 is 0 Å². The van der Waals surface area contributed by atoms with Gasteiger partial charge in [0, 0.05) is 37.7 Å². The van der Waals surface area contributed by atoms with Crippen molar-refractivity contribution in [1.29, 1.82) is 0 Å². The first-order chi connectivity index (χ1) is 16.1. The predicted octanol–water partition coefficient (Wildman–Crippen LogP) is 3.93. The van der Waals surface area contributed by atoms with Crippen molar-refractivity contribution in [3.05, 3.63) is 95.2 Å². The Balaban J connectivity index is 1.28. The summed E-state index contributed by atoms with van der Waals surface area (Å²) in [7, 11) is 0. The summed E-state index contributed by atoms with van der Waals surface area (Å²) in [5, 5.41) is 2.89. The van der Waals surface area contributed by atoms with Crippen LogP contribution in [0.2, 0.25) is 0 Å². The van der Waals surface area contributed by atoms with Crippen molar-refractivity contribution in [2.45, 2.75) is 38.1 Å². The fourth-order valence-electron chi connectivity index (χ4n) is 4.26. The molecule has 3 N–H and O–H groups in total. The first kappa shape index (κ1) is 22.5. The molecule has 170 valence electrons. The van der Waals surface area contributed by atoms with E-state index in [1.165, 1.54) is 5.56 Å². The maximum Gasteiger partial charge on any atom is 0.255 e. The van der Waals surface area contributed by atoms with Crippen LogP contribution in [-0.4, -0.2) is 34.8 Å². The van der Waals surface area contributed by atoms with Crippen molar-refractivity contribution in [3.8, 4) is 0 Å². The Kier molecular flexibility index (Phi) is 7.35. The summed E-state index contributed by atoms with van der Waals surface area (Å²) in [5.41, 5.74) is 9.63. The summed E-state index contributed by atoms with van der Waals surface area (Å²) in [5.74, 6) is 0.468. The molecule has 6 heteroatoms. The van der Waals surface area contributed by atoms with Crippen molar-refractivity contribution in [2.24, 2.45) is 0 Å². The van der Waals surface area contributed by atoms with Gasteiger partial charge in [0.1, 0.15) is 5.82 Å². The third-order valence-electron chi connectivity index (χ3n) is 6.22. The summed E-state index contributed by atoms with van der Waals surface area (Å²) < 4.78 is 0. The first-order valence-electron chi connectivity index (χ1n) is 11.5. The van der Waals surface area contributed by atoms with E-state index in [0.717, 1.165) is 43.6 Å². The van der Waals surface area contributed by atoms with Crippen molar-refractivity contribution in [1.82, 2.24) is 15.2 Å². The number of nitrogens with zero attached hydrogens (tertiary/aromatic N) is 2. The number of benzene rings is 2. The number of nitrogen functional groups attached to an aromatic ring is 1. The molecule has 2 heterocycles. The molecule has 2 amide bonds. The molecule has 2 aromatic carbocycles. The number of hydrogen-bond acceptors (Lipinski definition) is 4. The Morgan fingerprint density at radius 1 is 0.909 bits per heavy atom. The van der Waals surface area contributed by atoms with Gasteiger partial charge in [-0.3, -0.25) is 9.59 Å². The number of anilines is 1. The average Bonchev–Trinajstić information content (AvgIpc) is 2.87. The third-order valence-corrected chi connectivity index (χ3v) is 6.22. The van der Waals surface area contributed by atoms with Crippen LogP contribution in [0.4, 0.5) is 5.82 Å². The van der Waals surface area contributed by atoms with Crippen LogP contribution in [0.15, 0.2) is 72.8 Å². The van der Waals surface area contributed by atoms with Crippen LogP contribution in [0.25, 0.3) is 0 Å². The second-order valence-corrected chi connectivity index (χ2v) is 8.48. The molecular formula is C27H30N4O2. The minimum Gasteiger partial charge on any atom is -0.383 e. The fraction of sp³-hybridized carbons (Fsp3) is 0.296. The number of piperidine rings is 1. The lowest BCUT2D eigenvalue weighted by Crippen LogP contribution is -2.38. The lowest BCUT2D eigenvalue weighted by molar-refractivity contribution is -0.132. The number of likely N-dealkylation sites (tertiary alicyclic amines) is 1. The molecule has 0 radical (unpaired) electrons. The molecule has 1 saturated heterocycles. The maximum atomic E-state index is 12.6. The van der Waals surface area contributed by atoms with E-state index in [4.69, 9.17) is 5.73 Å². The predicted molar refractivity (Wildman–Crippen MR) is 130 cm³/mol. The Labute approximate surface area is 194 Å². The third kappa shape index (κ3) is 5.98. The second kappa shape index (κ2) is 10.8. The summed E-state index contributed by atoms with van der Waals surface area (Å²) in [6.07, 6.45) is 3.00. The highest BCUT2D eigenvalue weighted by atomic mass is 16.2. The zero-order valence-corrected chi connectivity index (χ0v) is 18.7. The van der Waals surface area contributed by atoms with E-state index >= 15 is 0 Å². The van der Waals surface area contributed by atoms with Gasteiger partial charge in [-0.2, -0.15) is 0 Å². The summed E-state index contributed by atoms with van der Waals surface area (Å²) in [6, 6.07) is 23.5. The molecule has 6 nitrogen and oxygen atoms in total. The van der Waals surface area contributed by atoms with E-state index < -0.39 is 0 Å². The fourth-order valence-corrected chi connectivity index (χ4v) is 4.26. The largest absolute Gasteiger partial charge is 0.383 e. The van der Waals surface area contributed by atoms with Crippen LogP contribution < -0.4 is 11.1 Å². The number of carbonyl (C=O) groups excluding carboxylic acids is 2. The molecule has 33 heavy (non-hydrogen) atoms. The number of hydrogen-bond donors (Lipinski definition) is 2. The minimum atomic E-state index is -0.228. The van der Waals surface area contributed by atoms with Gasteiger partial charge in [-0.15, -0.1) is 0 Å². The lowest BCUT2D eigenvalue weighted by atomic mass is 9.92. The molecule has 4 rings (SSSR count). The number of nitrogens with one attached hydrogen (secondary N) is 1. The highest BCUT2D eigenvalue weighted by molar-refractivity contribution is 5.98. The van der Waals surface area contributed by atoms with Crippen molar-refractivity contribution in [3.63, 3.8) is 0 Å². The molecule has 1 fully saturated rings. The Morgan fingerprint density at radius 3 is 2.18 bits per heavy atom. The van der Waals surface area contributed by atoms with Crippen LogP contribution in [0.5, 0.6) is 0 Å². The summed E-state index contributed by atoms with van der Waals surface area (Å²) >= 11 is 0. The van der Waals surface area contributed by atoms with Crippen LogP contribution in [0, 0.1) is 0 Å². The van der Waals surface area contributed by atoms with E-state index in [1.54, 1.807) is 6.07 Å². The molecular weight excluding hydrogens is 412 g/mol. The number of rotatable bonds is 7. The van der Waals surface area contributed by atoms with Gasteiger partial charge < -0.3 is 16.0 Å². The monoisotopic (exact) mass is 442 g/mol. The summed E-state index contributed by atoms with van der Waals surface area (Å²) in [4.78, 5) is 31.6. The first-order valence-corrected chi connectivity index (χ1v) is 11.5. The minimum absolute atomic E-state index is 0.204. The van der Waals surface area contributed by atoms with E-state index in [9.17, 15) is 9.59 Å². The van der Waals surface area contributed by atoms with Gasteiger partial charge in [0.2, 0.25) is 5.91 Å². The molecule has 3 aromatic rings. The van der Waals surface area contributed by atoms with Gasteiger partial charge in [0.05, 0.1) is 5.56 Å². The smallest absolute Gasteiger partial charge is 0.255 e. The van der Waals surface area contributed by atoms with Gasteiger partial charge in [0.15, 0.2) is 0 Å². The molecule has 0 unspecified atom stereocenters. The standard InChI is InChI=1S/C27H30N4O2/c28-26-23(27(33)29-19-21-9-5-2-6-10-21)12-13-24(30-26)22-15-17-31(18-16-22)25(32)14-11-20-7-3-1-4-8-20/h1-10,12-13,22H,11,14-19H2,(H2,28,30)(H,29,33). The van der Waals surface area contributed by atoms with Crippen LogP contribution in [-0.2, 0) is 17.8 Å². The normalized spacial score (nSPS) is 14.1. The molecule has 1 aliphatic rings. The second-order valence-electron chi connectivity index (χ2n) is 8.48. The lowest BCUT2D eigenvalue weighted by Gasteiger charge is -2.32. The van der Waals surface area contributed by atoms with Gasteiger partial charge in [-0.25, -0.2) is 4.98 Å². The number of amides is 2. The Bertz CT molecular complexity index is 1080. The topological polar surface area (TPSA) is 88.3 Å².